The van der Waals surface area contributed by atoms with Gasteiger partial charge in [-0.15, -0.1) is 0 Å². The Balaban J connectivity index is 2.27. The van der Waals surface area contributed by atoms with Crippen LogP contribution in [0.15, 0.2) is 46.9 Å². The third kappa shape index (κ3) is 3.74. The topological polar surface area (TPSA) is 44.5 Å². The van der Waals surface area contributed by atoms with Gasteiger partial charge < -0.3 is 15.2 Å². The first kappa shape index (κ1) is 14.9. The number of rotatable bonds is 5. The Morgan fingerprint density at radius 1 is 1.15 bits per heavy atom. The number of hydrogen-bond donors (Lipinski definition) is 1. The summed E-state index contributed by atoms with van der Waals surface area (Å²) in [6.07, 6.45) is 0. The summed E-state index contributed by atoms with van der Waals surface area (Å²) in [6, 6.07) is 13.3. The first-order valence-corrected chi connectivity index (χ1v) is 7.35. The summed E-state index contributed by atoms with van der Waals surface area (Å²) in [7, 11) is 0. The van der Waals surface area contributed by atoms with Crippen molar-refractivity contribution in [1.29, 1.82) is 0 Å². The van der Waals surface area contributed by atoms with Gasteiger partial charge in [0.2, 0.25) is 0 Å². The van der Waals surface area contributed by atoms with E-state index in [1.807, 2.05) is 56.3 Å². The Bertz CT molecular complexity index is 584. The highest BCUT2D eigenvalue weighted by Gasteiger charge is 2.10. The second-order valence-corrected chi connectivity index (χ2v) is 5.40. The lowest BCUT2D eigenvalue weighted by Gasteiger charge is -2.14. The highest BCUT2D eigenvalue weighted by atomic mass is 79.9. The van der Waals surface area contributed by atoms with E-state index in [9.17, 15) is 0 Å². The largest absolute Gasteiger partial charge is 0.494 e. The second kappa shape index (κ2) is 6.77. The van der Waals surface area contributed by atoms with Crippen LogP contribution in [0.4, 0.5) is 0 Å². The second-order valence-electron chi connectivity index (χ2n) is 4.48. The molecule has 0 aliphatic heterocycles. The van der Waals surface area contributed by atoms with E-state index < -0.39 is 0 Å². The molecule has 0 heterocycles. The molecule has 1 atom stereocenters. The molecule has 3 nitrogen and oxygen atoms in total. The summed E-state index contributed by atoms with van der Waals surface area (Å²) >= 11 is 3.45. The molecule has 2 rings (SSSR count). The Morgan fingerprint density at radius 2 is 1.90 bits per heavy atom. The van der Waals surface area contributed by atoms with Crippen molar-refractivity contribution in [2.75, 3.05) is 6.61 Å². The molecule has 0 spiro atoms. The van der Waals surface area contributed by atoms with Crippen LogP contribution in [0.3, 0.4) is 0 Å². The van der Waals surface area contributed by atoms with Crippen molar-refractivity contribution in [3.05, 3.63) is 52.5 Å². The number of hydrogen-bond acceptors (Lipinski definition) is 3. The summed E-state index contributed by atoms with van der Waals surface area (Å²) in [5.41, 5.74) is 6.95. The standard InChI is InChI=1S/C16H18BrNO2/c1-3-19-13-5-4-6-14(10-13)20-16-8-7-12(17)9-15(16)11(2)18/h4-11H,3,18H2,1-2H3. The van der Waals surface area contributed by atoms with Crippen molar-refractivity contribution < 1.29 is 9.47 Å². The van der Waals surface area contributed by atoms with E-state index in [1.54, 1.807) is 0 Å². The van der Waals surface area contributed by atoms with E-state index >= 15 is 0 Å². The molecule has 0 bridgehead atoms. The van der Waals surface area contributed by atoms with Crippen LogP contribution in [0, 0.1) is 0 Å². The van der Waals surface area contributed by atoms with E-state index in [1.165, 1.54) is 0 Å². The number of halogens is 1. The molecule has 0 fully saturated rings. The fourth-order valence-corrected chi connectivity index (χ4v) is 2.27. The van der Waals surface area contributed by atoms with Gasteiger partial charge in [-0.3, -0.25) is 0 Å². The fourth-order valence-electron chi connectivity index (χ4n) is 1.89. The van der Waals surface area contributed by atoms with Gasteiger partial charge in [0.1, 0.15) is 17.2 Å². The van der Waals surface area contributed by atoms with Gasteiger partial charge in [-0.25, -0.2) is 0 Å². The predicted molar refractivity (Wildman–Crippen MR) is 84.4 cm³/mol. The van der Waals surface area contributed by atoms with Crippen LogP contribution in [0.25, 0.3) is 0 Å². The molecule has 1 unspecified atom stereocenters. The number of benzene rings is 2. The molecule has 4 heteroatoms. The van der Waals surface area contributed by atoms with Crippen LogP contribution in [-0.4, -0.2) is 6.61 Å². The Morgan fingerprint density at radius 3 is 2.60 bits per heavy atom. The van der Waals surface area contributed by atoms with Gasteiger partial charge in [0.15, 0.2) is 0 Å². The van der Waals surface area contributed by atoms with Gasteiger partial charge in [-0.1, -0.05) is 22.0 Å². The molecule has 2 N–H and O–H groups in total. The lowest BCUT2D eigenvalue weighted by Crippen LogP contribution is -2.06. The Hall–Kier alpha value is -1.52. The van der Waals surface area contributed by atoms with Crippen molar-refractivity contribution in [2.24, 2.45) is 5.73 Å². The van der Waals surface area contributed by atoms with E-state index in [-0.39, 0.29) is 6.04 Å². The molecule has 0 amide bonds. The third-order valence-corrected chi connectivity index (χ3v) is 3.30. The van der Waals surface area contributed by atoms with Gasteiger partial charge in [-0.05, 0) is 44.2 Å². The minimum Gasteiger partial charge on any atom is -0.494 e. The lowest BCUT2D eigenvalue weighted by molar-refractivity contribution is 0.338. The average molecular weight is 336 g/mol. The van der Waals surface area contributed by atoms with Crippen LogP contribution in [0.5, 0.6) is 17.2 Å². The molecule has 0 saturated carbocycles. The molecule has 0 aliphatic rings. The van der Waals surface area contributed by atoms with E-state index in [0.29, 0.717) is 6.61 Å². The average Bonchev–Trinajstić information content (AvgIpc) is 2.41. The highest BCUT2D eigenvalue weighted by molar-refractivity contribution is 9.10. The van der Waals surface area contributed by atoms with Gasteiger partial charge >= 0.3 is 0 Å². The summed E-state index contributed by atoms with van der Waals surface area (Å²) in [6.45, 7) is 4.52. The first-order valence-electron chi connectivity index (χ1n) is 6.56. The maximum Gasteiger partial charge on any atom is 0.132 e. The Kier molecular flexibility index (Phi) is 5.04. The third-order valence-electron chi connectivity index (χ3n) is 2.81. The fraction of sp³-hybridized carbons (Fsp3) is 0.250. The maximum atomic E-state index is 5.99. The normalized spacial score (nSPS) is 12.0. The van der Waals surface area contributed by atoms with Gasteiger partial charge in [-0.2, -0.15) is 0 Å². The molecule has 0 radical (unpaired) electrons. The minimum absolute atomic E-state index is 0.0995. The zero-order valence-electron chi connectivity index (χ0n) is 11.6. The molecule has 0 aromatic heterocycles. The van der Waals surface area contributed by atoms with Gasteiger partial charge in [0.25, 0.3) is 0 Å². The predicted octanol–water partition coefficient (Wildman–Crippen LogP) is 4.66. The van der Waals surface area contributed by atoms with Crippen molar-refractivity contribution in [3.8, 4) is 17.2 Å². The monoisotopic (exact) mass is 335 g/mol. The Labute approximate surface area is 127 Å². The van der Waals surface area contributed by atoms with E-state index in [4.69, 9.17) is 15.2 Å². The van der Waals surface area contributed by atoms with Crippen LogP contribution in [-0.2, 0) is 0 Å². The first-order chi connectivity index (χ1) is 9.60. The van der Waals surface area contributed by atoms with Crippen LogP contribution in [0.1, 0.15) is 25.5 Å². The van der Waals surface area contributed by atoms with Crippen molar-refractivity contribution >= 4 is 15.9 Å². The zero-order chi connectivity index (χ0) is 14.5. The smallest absolute Gasteiger partial charge is 0.132 e. The molecular formula is C16H18BrNO2. The summed E-state index contributed by atoms with van der Waals surface area (Å²) in [5.74, 6) is 2.29. The van der Waals surface area contributed by atoms with Gasteiger partial charge in [0, 0.05) is 22.1 Å². The molecule has 2 aromatic rings. The molecule has 0 aliphatic carbocycles. The zero-order valence-corrected chi connectivity index (χ0v) is 13.2. The highest BCUT2D eigenvalue weighted by Crippen LogP contribution is 2.32. The minimum atomic E-state index is -0.0995. The summed E-state index contributed by atoms with van der Waals surface area (Å²) in [4.78, 5) is 0. The maximum absolute atomic E-state index is 5.99. The van der Waals surface area contributed by atoms with Crippen molar-refractivity contribution in [2.45, 2.75) is 19.9 Å². The van der Waals surface area contributed by atoms with Crippen LogP contribution in [0.2, 0.25) is 0 Å². The number of ether oxygens (including phenoxy) is 2. The molecule has 20 heavy (non-hydrogen) atoms. The van der Waals surface area contributed by atoms with Gasteiger partial charge in [0.05, 0.1) is 6.61 Å². The summed E-state index contributed by atoms with van der Waals surface area (Å²) in [5, 5.41) is 0. The molecule has 106 valence electrons. The lowest BCUT2D eigenvalue weighted by atomic mass is 10.1. The quantitative estimate of drug-likeness (QED) is 0.864. The molecule has 2 aromatic carbocycles. The number of nitrogens with two attached hydrogens (primary N) is 1. The van der Waals surface area contributed by atoms with Crippen LogP contribution < -0.4 is 15.2 Å². The van der Waals surface area contributed by atoms with Crippen LogP contribution >= 0.6 is 15.9 Å². The van der Waals surface area contributed by atoms with Crippen molar-refractivity contribution in [3.63, 3.8) is 0 Å². The molecule has 0 saturated heterocycles. The van der Waals surface area contributed by atoms with E-state index in [2.05, 4.69) is 15.9 Å². The summed E-state index contributed by atoms with van der Waals surface area (Å²) < 4.78 is 12.4. The van der Waals surface area contributed by atoms with E-state index in [0.717, 1.165) is 27.3 Å². The van der Waals surface area contributed by atoms with Crippen molar-refractivity contribution in [1.82, 2.24) is 0 Å². The SMILES string of the molecule is CCOc1cccc(Oc2ccc(Br)cc2C(C)N)c1. The molecular weight excluding hydrogens is 318 g/mol.